The molecule has 0 aromatic heterocycles. The maximum atomic E-state index is 11.6. The second-order valence-electron chi connectivity index (χ2n) is 6.48. The Bertz CT molecular complexity index is 750. The molecule has 0 atom stereocenters. The van der Waals surface area contributed by atoms with E-state index in [-0.39, 0.29) is 56.8 Å². The molecule has 0 bridgehead atoms. The molecule has 0 saturated heterocycles. The molecule has 1 N–H and O–H groups in total. The monoisotopic (exact) mass is 482 g/mol. The zero-order valence-corrected chi connectivity index (χ0v) is 20.1. The Hall–Kier alpha value is -0.0331. The molecular formula is C18H18Cl2O2Si2Zr. The first-order valence-electron chi connectivity index (χ1n) is 7.38. The fourth-order valence-corrected chi connectivity index (χ4v) is 4.04. The van der Waals surface area contributed by atoms with Gasteiger partial charge in [0.2, 0.25) is 0 Å². The normalized spacial score (nSPS) is 15.6. The van der Waals surface area contributed by atoms with Crippen LogP contribution in [-0.4, -0.2) is 35.1 Å². The van der Waals surface area contributed by atoms with E-state index < -0.39 is 8.07 Å². The zero-order chi connectivity index (χ0) is 15.9. The van der Waals surface area contributed by atoms with Gasteiger partial charge in [0, 0.05) is 6.61 Å². The van der Waals surface area contributed by atoms with Gasteiger partial charge in [0.15, 0.2) is 5.78 Å². The molecule has 1 heterocycles. The van der Waals surface area contributed by atoms with Crippen LogP contribution in [0.3, 0.4) is 0 Å². The second-order valence-corrected chi connectivity index (χ2v) is 12.6. The van der Waals surface area contributed by atoms with Gasteiger partial charge >= 0.3 is 26.2 Å². The van der Waals surface area contributed by atoms with E-state index in [0.29, 0.717) is 16.1 Å². The number of halogens is 2. The molecule has 128 valence electrons. The molecule has 7 heteroatoms. The molecule has 2 radical (unpaired) electrons. The van der Waals surface area contributed by atoms with E-state index in [4.69, 9.17) is 5.11 Å². The van der Waals surface area contributed by atoms with Crippen LogP contribution in [0.15, 0.2) is 46.3 Å². The van der Waals surface area contributed by atoms with E-state index in [1.165, 1.54) is 10.8 Å². The summed E-state index contributed by atoms with van der Waals surface area (Å²) in [5, 5.41) is 10.7. The van der Waals surface area contributed by atoms with Crippen LogP contribution in [0.1, 0.15) is 11.1 Å². The van der Waals surface area contributed by atoms with Crippen molar-refractivity contribution in [3.05, 3.63) is 70.1 Å². The Balaban J connectivity index is 0.000000512. The standard InChI is InChI=1S/C13H5OSi.C5H13OSi.2ClH.Zr/c14-11-6-9-8-4-2-1-3-7(8)5-10(9)12-13(11)15-12;1-7(2,3)5-4-6;;;/h1-4,6H;6H,1,4-5H2,2-3H3;2*1H;/q2*-1;;;+4/p-2. The third kappa shape index (κ3) is 5.72. The summed E-state index contributed by atoms with van der Waals surface area (Å²) in [5.74, 6) is 0.209. The second kappa shape index (κ2) is 9.77. The van der Waals surface area contributed by atoms with E-state index >= 15 is 0 Å². The Morgan fingerprint density at radius 2 is 1.84 bits per heavy atom. The van der Waals surface area contributed by atoms with Crippen LogP contribution >= 0.6 is 0 Å². The molecule has 0 saturated carbocycles. The minimum absolute atomic E-state index is 0. The molecular weight excluding hydrogens is 466 g/mol. The van der Waals surface area contributed by atoms with Crippen molar-refractivity contribution >= 4 is 28.9 Å². The van der Waals surface area contributed by atoms with Gasteiger partial charge in [-0.1, -0.05) is 50.6 Å². The van der Waals surface area contributed by atoms with Gasteiger partial charge in [-0.05, 0) is 6.08 Å². The van der Waals surface area contributed by atoms with E-state index in [1.807, 2.05) is 12.1 Å². The van der Waals surface area contributed by atoms with Crippen molar-refractivity contribution < 1.29 is 60.9 Å². The smallest absolute Gasteiger partial charge is 1.00 e. The molecule has 0 fully saturated rings. The summed E-state index contributed by atoms with van der Waals surface area (Å²) in [5.41, 5.74) is 4.53. The average molecular weight is 485 g/mol. The number of carbonyl (C=O) groups excluding carboxylic acids is 1. The molecule has 0 spiro atoms. The fraction of sp³-hybridized carbons (Fsp3) is 0.222. The largest absolute Gasteiger partial charge is 4.00 e. The number of rotatable bonds is 2. The van der Waals surface area contributed by atoms with Crippen molar-refractivity contribution in [3.8, 4) is 0 Å². The molecule has 4 rings (SSSR count). The number of aliphatic hydroxyl groups is 1. The topological polar surface area (TPSA) is 37.3 Å². The summed E-state index contributed by atoms with van der Waals surface area (Å²) in [6, 6.07) is 9.06. The van der Waals surface area contributed by atoms with Gasteiger partial charge in [0.05, 0.1) is 9.52 Å². The van der Waals surface area contributed by atoms with E-state index in [9.17, 15) is 4.79 Å². The summed E-state index contributed by atoms with van der Waals surface area (Å²) < 4.78 is 0. The van der Waals surface area contributed by atoms with Gasteiger partial charge in [-0.2, -0.15) is 0 Å². The van der Waals surface area contributed by atoms with Crippen molar-refractivity contribution in [1.82, 2.24) is 0 Å². The molecule has 1 aromatic rings. The summed E-state index contributed by atoms with van der Waals surface area (Å²) >= 11 is 0. The van der Waals surface area contributed by atoms with Gasteiger partial charge in [-0.3, -0.25) is 4.79 Å². The number of carbonyl (C=O) groups is 1. The van der Waals surface area contributed by atoms with Gasteiger partial charge in [-0.25, -0.2) is 0 Å². The number of fused-ring (bicyclic) bond motifs is 4. The Kier molecular flexibility index (Phi) is 9.76. The first kappa shape index (κ1) is 25.0. The van der Waals surface area contributed by atoms with Crippen molar-refractivity contribution in [1.29, 1.82) is 0 Å². The number of hydrogen-bond acceptors (Lipinski definition) is 2. The van der Waals surface area contributed by atoms with Crippen LogP contribution < -0.4 is 24.8 Å². The Morgan fingerprint density at radius 3 is 2.40 bits per heavy atom. The summed E-state index contributed by atoms with van der Waals surface area (Å²) in [6.45, 7) is 8.53. The van der Waals surface area contributed by atoms with Gasteiger partial charge < -0.3 is 36.5 Å². The van der Waals surface area contributed by atoms with E-state index in [1.54, 1.807) is 6.08 Å². The summed E-state index contributed by atoms with van der Waals surface area (Å²) in [6.07, 6.45) is 5.16. The van der Waals surface area contributed by atoms with Crippen molar-refractivity contribution in [2.45, 2.75) is 19.1 Å². The molecule has 2 nitrogen and oxygen atoms in total. The number of ketones is 1. The predicted octanol–water partition coefficient (Wildman–Crippen LogP) is -3.26. The third-order valence-corrected chi connectivity index (χ3v) is 6.57. The van der Waals surface area contributed by atoms with Crippen LogP contribution in [0.4, 0.5) is 0 Å². The molecule has 0 unspecified atom stereocenters. The molecule has 1 aromatic carbocycles. The van der Waals surface area contributed by atoms with Gasteiger partial charge in [-0.15, -0.1) is 39.6 Å². The zero-order valence-electron chi connectivity index (χ0n) is 14.1. The van der Waals surface area contributed by atoms with Crippen molar-refractivity contribution in [2.75, 3.05) is 6.61 Å². The Labute approximate surface area is 184 Å². The van der Waals surface area contributed by atoms with E-state index in [2.05, 4.69) is 37.8 Å². The summed E-state index contributed by atoms with van der Waals surface area (Å²) in [7, 11) is -0.526. The molecule has 1 aliphatic heterocycles. The number of allylic oxidation sites excluding steroid dienone is 5. The predicted molar refractivity (Wildman–Crippen MR) is 92.8 cm³/mol. The quantitative estimate of drug-likeness (QED) is 0.354. The molecule has 2 aliphatic carbocycles. The Morgan fingerprint density at radius 1 is 1.20 bits per heavy atom. The number of aliphatic hydroxyl groups excluding tert-OH is 1. The maximum absolute atomic E-state index is 11.6. The number of hydrogen-bond donors (Lipinski definition) is 1. The van der Waals surface area contributed by atoms with E-state index in [0.717, 1.165) is 27.9 Å². The van der Waals surface area contributed by atoms with Crippen LogP contribution in [-0.2, 0) is 31.0 Å². The molecule has 25 heavy (non-hydrogen) atoms. The minimum atomic E-state index is -1.16. The van der Waals surface area contributed by atoms with Crippen molar-refractivity contribution in [2.24, 2.45) is 0 Å². The first-order valence-corrected chi connectivity index (χ1v) is 11.8. The first-order chi connectivity index (χ1) is 10.4. The van der Waals surface area contributed by atoms with Crippen LogP contribution in [0, 0.1) is 12.6 Å². The SMILES string of the molecule is O=C1C=C2C(=[C-]c3ccccc32)C2=C1[Si]2.[CH2-][Si](C)(C)CCO.[Cl-].[Cl-].[Zr+4]. The van der Waals surface area contributed by atoms with Crippen molar-refractivity contribution in [3.63, 3.8) is 0 Å². The fourth-order valence-electron chi connectivity index (χ4n) is 2.48. The number of benzene rings is 1. The molecule has 0 amide bonds. The third-order valence-electron chi connectivity index (χ3n) is 3.74. The van der Waals surface area contributed by atoms with Crippen LogP contribution in [0.2, 0.25) is 19.1 Å². The summed E-state index contributed by atoms with van der Waals surface area (Å²) in [4.78, 5) is 11.6. The average Bonchev–Trinajstić information content (AvgIpc) is 3.16. The van der Waals surface area contributed by atoms with Gasteiger partial charge in [0.25, 0.3) is 0 Å². The maximum Gasteiger partial charge on any atom is 4.00 e. The van der Waals surface area contributed by atoms with Crippen LogP contribution in [0.5, 0.6) is 0 Å². The van der Waals surface area contributed by atoms with Crippen LogP contribution in [0.25, 0.3) is 5.57 Å². The minimum Gasteiger partial charge on any atom is -1.00 e. The molecule has 3 aliphatic rings. The van der Waals surface area contributed by atoms with Gasteiger partial charge in [0.1, 0.15) is 0 Å².